The van der Waals surface area contributed by atoms with Gasteiger partial charge in [-0.1, -0.05) is 59.6 Å². The smallest absolute Gasteiger partial charge is 0.330 e. The van der Waals surface area contributed by atoms with Gasteiger partial charge < -0.3 is 9.80 Å². The second kappa shape index (κ2) is 15.9. The molecular weight excluding hydrogens is 809 g/mol. The van der Waals surface area contributed by atoms with Crippen LogP contribution in [-0.4, -0.2) is 76.0 Å². The molecule has 0 bridgehead atoms. The van der Waals surface area contributed by atoms with Crippen LogP contribution in [-0.2, 0) is 12.4 Å². The number of nitrogens with zero attached hydrogens (tertiary/aromatic N) is 8. The molecule has 58 heavy (non-hydrogen) atoms. The molecule has 2 amide bonds. The van der Waals surface area contributed by atoms with Crippen LogP contribution >= 0.6 is 23.2 Å². The van der Waals surface area contributed by atoms with Crippen LogP contribution in [0.25, 0.3) is 22.4 Å². The maximum atomic E-state index is 13.0. The maximum Gasteiger partial charge on any atom is 0.416 e. The minimum atomic E-state index is -4.39. The summed E-state index contributed by atoms with van der Waals surface area (Å²) >= 11 is 11.8. The Morgan fingerprint density at radius 1 is 0.638 bits per heavy atom. The molecule has 0 N–H and O–H groups in total. The third-order valence-electron chi connectivity index (χ3n) is 9.83. The van der Waals surface area contributed by atoms with Gasteiger partial charge in [0.25, 0.3) is 11.8 Å². The Bertz CT molecular complexity index is 2580. The summed E-state index contributed by atoms with van der Waals surface area (Å²) < 4.78 is 80.1. The number of benzene rings is 2. The predicted octanol–water partition coefficient (Wildman–Crippen LogP) is 9.44. The number of rotatable bonds is 4. The predicted molar refractivity (Wildman–Crippen MR) is 205 cm³/mol. The Morgan fingerprint density at radius 3 is 1.55 bits per heavy atom. The monoisotopic (exact) mass is 840 g/mol. The van der Waals surface area contributed by atoms with E-state index < -0.39 is 23.5 Å². The first-order chi connectivity index (χ1) is 27.4. The lowest BCUT2D eigenvalue weighted by Gasteiger charge is -2.32. The molecule has 0 saturated carbocycles. The molecule has 10 nitrogen and oxygen atoms in total. The number of fused-ring (bicyclic) bond motifs is 2. The molecule has 0 saturated heterocycles. The van der Waals surface area contributed by atoms with Gasteiger partial charge in [0.1, 0.15) is 0 Å². The van der Waals surface area contributed by atoms with Gasteiger partial charge >= 0.3 is 12.4 Å². The van der Waals surface area contributed by atoms with E-state index in [0.717, 1.165) is 41.0 Å². The molecule has 0 aliphatic carbocycles. The highest BCUT2D eigenvalue weighted by Crippen LogP contribution is 2.35. The lowest BCUT2D eigenvalue weighted by atomic mass is 9.93. The van der Waals surface area contributed by atoms with Crippen molar-refractivity contribution in [1.29, 1.82) is 0 Å². The molecule has 2 aliphatic heterocycles. The van der Waals surface area contributed by atoms with Crippen molar-refractivity contribution in [3.8, 4) is 0 Å². The second-order valence-electron chi connectivity index (χ2n) is 13.8. The van der Waals surface area contributed by atoms with Crippen LogP contribution in [0.15, 0.2) is 97.6 Å². The van der Waals surface area contributed by atoms with Gasteiger partial charge in [-0.2, -0.15) is 36.5 Å². The first kappa shape index (κ1) is 40.5. The van der Waals surface area contributed by atoms with Gasteiger partial charge in [-0.05, 0) is 73.2 Å². The molecule has 8 rings (SSSR count). The number of hydrogen-bond donors (Lipinski definition) is 0. The van der Waals surface area contributed by atoms with E-state index >= 15 is 0 Å². The molecule has 0 radical (unpaired) electrons. The molecule has 6 heterocycles. The minimum Gasteiger partial charge on any atom is -0.330 e. The molecule has 2 aliphatic rings. The molecule has 2 unspecified atom stereocenters. The third-order valence-corrected chi connectivity index (χ3v) is 10.2. The summed E-state index contributed by atoms with van der Waals surface area (Å²) in [5.41, 5.74) is 3.11. The fourth-order valence-electron chi connectivity index (χ4n) is 6.82. The zero-order valence-electron chi connectivity index (χ0n) is 30.6. The highest BCUT2D eigenvalue weighted by Gasteiger charge is 2.33. The SMILES string of the molecule is CC1CC(c2ccc(C(F)(F)F)cc2)=CCN1C(=O)c1cc2ncc(Cl)cn2n1.CC1CC(c2cccc(C(F)(F)F)c2)=CCN1C(=O)c1cc2ncc(Cl)cn2n1. The van der Waals surface area contributed by atoms with E-state index in [9.17, 15) is 35.9 Å². The van der Waals surface area contributed by atoms with Crippen LogP contribution < -0.4 is 0 Å². The largest absolute Gasteiger partial charge is 0.416 e. The molecular formula is C40H32Cl2F6N8O2. The zero-order chi connectivity index (χ0) is 41.5. The van der Waals surface area contributed by atoms with Crippen LogP contribution in [0, 0.1) is 0 Å². The topological polar surface area (TPSA) is 101 Å². The summed E-state index contributed by atoms with van der Waals surface area (Å²) in [5, 5.41) is 9.29. The van der Waals surface area contributed by atoms with Crippen molar-refractivity contribution in [1.82, 2.24) is 39.0 Å². The molecule has 18 heteroatoms. The lowest BCUT2D eigenvalue weighted by Crippen LogP contribution is -2.41. The van der Waals surface area contributed by atoms with Gasteiger partial charge in [0, 0.05) is 49.7 Å². The fourth-order valence-corrected chi connectivity index (χ4v) is 7.10. The number of hydrogen-bond acceptors (Lipinski definition) is 6. The molecule has 0 fully saturated rings. The minimum absolute atomic E-state index is 0.133. The zero-order valence-corrected chi connectivity index (χ0v) is 32.2. The Labute approximate surface area is 337 Å². The van der Waals surface area contributed by atoms with Crippen molar-refractivity contribution in [2.75, 3.05) is 13.1 Å². The van der Waals surface area contributed by atoms with E-state index in [2.05, 4.69) is 20.2 Å². The Morgan fingerprint density at radius 2 is 1.10 bits per heavy atom. The number of amides is 2. The standard InChI is InChI=1S/2C20H16ClF3N4O/c1-12-8-14(13-2-4-15(5-3-13)20(22,23)24)6-7-27(12)19(29)17-9-18-25-10-16(21)11-28(18)26-17;1-12-7-14(13-3-2-4-15(8-13)20(22,23)24)5-6-27(12)19(29)17-9-18-25-10-16(21)11-28(18)26-17/h2-6,9-12H,7-8H2,1H3;2-5,8-12H,6-7H2,1H3. The van der Waals surface area contributed by atoms with Crippen molar-refractivity contribution < 1.29 is 35.9 Å². The molecule has 2 atom stereocenters. The van der Waals surface area contributed by atoms with Crippen molar-refractivity contribution in [3.63, 3.8) is 0 Å². The van der Waals surface area contributed by atoms with Gasteiger partial charge in [-0.25, -0.2) is 19.0 Å². The molecule has 6 aromatic rings. The van der Waals surface area contributed by atoms with E-state index in [1.165, 1.54) is 39.6 Å². The van der Waals surface area contributed by atoms with Gasteiger partial charge in [0.2, 0.25) is 0 Å². The summed E-state index contributed by atoms with van der Waals surface area (Å²) in [6, 6.07) is 13.2. The molecule has 2 aromatic carbocycles. The van der Waals surface area contributed by atoms with Crippen molar-refractivity contribution in [3.05, 3.63) is 141 Å². The normalized spacial score (nSPS) is 17.5. The van der Waals surface area contributed by atoms with E-state index in [1.807, 2.05) is 19.9 Å². The first-order valence-corrected chi connectivity index (χ1v) is 18.6. The van der Waals surface area contributed by atoms with E-state index in [-0.39, 0.29) is 41.8 Å². The lowest BCUT2D eigenvalue weighted by molar-refractivity contribution is -0.138. The molecule has 4 aromatic heterocycles. The number of halogens is 8. The van der Waals surface area contributed by atoms with Gasteiger partial charge in [0.15, 0.2) is 22.7 Å². The van der Waals surface area contributed by atoms with E-state index in [0.29, 0.717) is 46.3 Å². The summed E-state index contributed by atoms with van der Waals surface area (Å²) in [5.74, 6) is -0.500. The van der Waals surface area contributed by atoms with Crippen molar-refractivity contribution in [2.24, 2.45) is 0 Å². The summed E-state index contributed by atoms with van der Waals surface area (Å²) in [6.07, 6.45) is 1.98. The first-order valence-electron chi connectivity index (χ1n) is 17.8. The maximum absolute atomic E-state index is 13.0. The van der Waals surface area contributed by atoms with Gasteiger partial charge in [-0.15, -0.1) is 0 Å². The quantitative estimate of drug-likeness (QED) is 0.164. The van der Waals surface area contributed by atoms with E-state index in [4.69, 9.17) is 23.2 Å². The van der Waals surface area contributed by atoms with Crippen LogP contribution in [0.4, 0.5) is 26.3 Å². The highest BCUT2D eigenvalue weighted by atomic mass is 35.5. The van der Waals surface area contributed by atoms with Crippen molar-refractivity contribution in [2.45, 2.75) is 51.1 Å². The Hall–Kier alpha value is -5.74. The number of carbonyl (C=O) groups is 2. The molecule has 0 spiro atoms. The summed E-state index contributed by atoms with van der Waals surface area (Å²) in [6.45, 7) is 4.40. The Balaban J connectivity index is 0.000000177. The third kappa shape index (κ3) is 8.72. The van der Waals surface area contributed by atoms with Crippen LogP contribution in [0.3, 0.4) is 0 Å². The Kier molecular flexibility index (Phi) is 11.1. The highest BCUT2D eigenvalue weighted by molar-refractivity contribution is 6.30. The van der Waals surface area contributed by atoms with Gasteiger partial charge in [-0.3, -0.25) is 9.59 Å². The second-order valence-corrected chi connectivity index (χ2v) is 14.7. The fraction of sp³-hybridized carbons (Fsp3) is 0.250. The van der Waals surface area contributed by atoms with E-state index in [1.54, 1.807) is 46.5 Å². The van der Waals surface area contributed by atoms with Crippen LogP contribution in [0.5, 0.6) is 0 Å². The average molecular weight is 842 g/mol. The summed E-state index contributed by atoms with van der Waals surface area (Å²) in [4.78, 5) is 37.4. The van der Waals surface area contributed by atoms with Crippen LogP contribution in [0.1, 0.15) is 69.9 Å². The van der Waals surface area contributed by atoms with Gasteiger partial charge in [0.05, 0.1) is 33.6 Å². The average Bonchev–Trinajstić information content (AvgIpc) is 3.81. The number of carbonyl (C=O) groups excluding carboxylic acids is 2. The number of aromatic nitrogens is 6. The number of alkyl halides is 6. The van der Waals surface area contributed by atoms with Crippen molar-refractivity contribution >= 4 is 57.5 Å². The van der Waals surface area contributed by atoms with Crippen LogP contribution in [0.2, 0.25) is 10.0 Å². The summed E-state index contributed by atoms with van der Waals surface area (Å²) in [7, 11) is 0. The molecule has 300 valence electrons.